The zero-order valence-electron chi connectivity index (χ0n) is 18.0. The standard InChI is InChI=1S/C27H28N2O2/c1-3-20-6-5-9-25(15-20)23-10-12-24(13-11-23)27(31)29-19(2)26(18-30)16-21-7-4-8-22(14-21)17-28/h4-15,19,26,30H,3,16,18H2,1-2H3,(H,29,31). The second-order valence-corrected chi connectivity index (χ2v) is 7.85. The highest BCUT2D eigenvalue weighted by Gasteiger charge is 2.20. The first-order chi connectivity index (χ1) is 15.0. The summed E-state index contributed by atoms with van der Waals surface area (Å²) in [7, 11) is 0. The van der Waals surface area contributed by atoms with Crippen molar-refractivity contribution in [3.63, 3.8) is 0 Å². The quantitative estimate of drug-likeness (QED) is 0.560. The molecule has 2 atom stereocenters. The maximum Gasteiger partial charge on any atom is 0.251 e. The number of nitrogens with zero attached hydrogens (tertiary/aromatic N) is 1. The summed E-state index contributed by atoms with van der Waals surface area (Å²) in [5.41, 5.74) is 5.65. The van der Waals surface area contributed by atoms with Gasteiger partial charge in [-0.3, -0.25) is 4.79 Å². The van der Waals surface area contributed by atoms with E-state index in [9.17, 15) is 9.90 Å². The van der Waals surface area contributed by atoms with E-state index in [2.05, 4.69) is 42.6 Å². The van der Waals surface area contributed by atoms with Crippen molar-refractivity contribution in [2.45, 2.75) is 32.7 Å². The Morgan fingerprint density at radius 3 is 2.39 bits per heavy atom. The smallest absolute Gasteiger partial charge is 0.251 e. The molecule has 0 bridgehead atoms. The number of nitrogens with one attached hydrogen (secondary N) is 1. The molecule has 0 aliphatic rings. The Labute approximate surface area is 184 Å². The Kier molecular flexibility index (Phi) is 7.59. The fraction of sp³-hybridized carbons (Fsp3) is 0.259. The second kappa shape index (κ2) is 10.6. The Morgan fingerprint density at radius 2 is 1.71 bits per heavy atom. The molecule has 0 saturated carbocycles. The Hall–Kier alpha value is -3.42. The van der Waals surface area contributed by atoms with E-state index in [1.807, 2.05) is 49.4 Å². The molecule has 4 nitrogen and oxygen atoms in total. The van der Waals surface area contributed by atoms with Gasteiger partial charge >= 0.3 is 0 Å². The maximum atomic E-state index is 12.7. The Morgan fingerprint density at radius 1 is 1.00 bits per heavy atom. The largest absolute Gasteiger partial charge is 0.396 e. The molecule has 0 aromatic heterocycles. The van der Waals surface area contributed by atoms with Gasteiger partial charge in [-0.1, -0.05) is 55.5 Å². The fourth-order valence-electron chi connectivity index (χ4n) is 3.66. The van der Waals surface area contributed by atoms with Crippen LogP contribution in [-0.2, 0) is 12.8 Å². The predicted molar refractivity (Wildman–Crippen MR) is 124 cm³/mol. The predicted octanol–water partition coefficient (Wildman–Crippen LogP) is 4.76. The third kappa shape index (κ3) is 5.81. The monoisotopic (exact) mass is 412 g/mol. The summed E-state index contributed by atoms with van der Waals surface area (Å²) in [6.07, 6.45) is 1.57. The van der Waals surface area contributed by atoms with Gasteiger partial charge in [-0.25, -0.2) is 0 Å². The highest BCUT2D eigenvalue weighted by molar-refractivity contribution is 5.94. The van der Waals surface area contributed by atoms with Crippen molar-refractivity contribution in [3.05, 3.63) is 95.1 Å². The molecule has 3 aromatic rings. The van der Waals surface area contributed by atoms with Crippen LogP contribution in [0.4, 0.5) is 0 Å². The topological polar surface area (TPSA) is 73.1 Å². The molecule has 0 spiro atoms. The van der Waals surface area contributed by atoms with Crippen molar-refractivity contribution in [1.29, 1.82) is 5.26 Å². The molecule has 3 rings (SSSR count). The number of benzene rings is 3. The average Bonchev–Trinajstić information content (AvgIpc) is 2.82. The summed E-state index contributed by atoms with van der Waals surface area (Å²) >= 11 is 0. The normalized spacial score (nSPS) is 12.6. The van der Waals surface area contributed by atoms with Gasteiger partial charge < -0.3 is 10.4 Å². The van der Waals surface area contributed by atoms with Crippen LogP contribution in [0.5, 0.6) is 0 Å². The van der Waals surface area contributed by atoms with E-state index in [-0.39, 0.29) is 24.5 Å². The van der Waals surface area contributed by atoms with Gasteiger partial charge in [0.1, 0.15) is 0 Å². The van der Waals surface area contributed by atoms with Crippen molar-refractivity contribution < 1.29 is 9.90 Å². The third-order valence-corrected chi connectivity index (χ3v) is 5.67. The highest BCUT2D eigenvalue weighted by Crippen LogP contribution is 2.22. The molecule has 0 radical (unpaired) electrons. The van der Waals surface area contributed by atoms with E-state index in [0.29, 0.717) is 17.5 Å². The van der Waals surface area contributed by atoms with E-state index in [0.717, 1.165) is 23.1 Å². The van der Waals surface area contributed by atoms with Gasteiger partial charge in [-0.05, 0) is 66.3 Å². The number of aliphatic hydroxyl groups excluding tert-OH is 1. The second-order valence-electron chi connectivity index (χ2n) is 7.85. The number of hydrogen-bond donors (Lipinski definition) is 2. The highest BCUT2D eigenvalue weighted by atomic mass is 16.3. The van der Waals surface area contributed by atoms with Crippen LogP contribution >= 0.6 is 0 Å². The van der Waals surface area contributed by atoms with E-state index in [1.54, 1.807) is 6.07 Å². The zero-order valence-corrected chi connectivity index (χ0v) is 18.0. The average molecular weight is 413 g/mol. The fourth-order valence-corrected chi connectivity index (χ4v) is 3.66. The molecule has 2 N–H and O–H groups in total. The van der Waals surface area contributed by atoms with Crippen LogP contribution in [0.2, 0.25) is 0 Å². The molecular formula is C27H28N2O2. The van der Waals surface area contributed by atoms with Crippen LogP contribution in [0.15, 0.2) is 72.8 Å². The zero-order chi connectivity index (χ0) is 22.2. The molecule has 0 heterocycles. The van der Waals surface area contributed by atoms with Crippen molar-refractivity contribution in [1.82, 2.24) is 5.32 Å². The molecule has 1 amide bonds. The number of nitriles is 1. The van der Waals surface area contributed by atoms with Gasteiger partial charge in [-0.15, -0.1) is 0 Å². The van der Waals surface area contributed by atoms with Crippen LogP contribution in [0, 0.1) is 17.2 Å². The molecule has 0 aliphatic carbocycles. The van der Waals surface area contributed by atoms with Crippen molar-refractivity contribution in [3.8, 4) is 17.2 Å². The summed E-state index contributed by atoms with van der Waals surface area (Å²) in [5, 5.41) is 21.9. The first kappa shape index (κ1) is 22.3. The molecule has 31 heavy (non-hydrogen) atoms. The number of amides is 1. The lowest BCUT2D eigenvalue weighted by Crippen LogP contribution is -2.40. The van der Waals surface area contributed by atoms with Crippen LogP contribution in [0.1, 0.15) is 40.9 Å². The van der Waals surface area contributed by atoms with Crippen molar-refractivity contribution in [2.75, 3.05) is 6.61 Å². The van der Waals surface area contributed by atoms with E-state index >= 15 is 0 Å². The minimum Gasteiger partial charge on any atom is -0.396 e. The third-order valence-electron chi connectivity index (χ3n) is 5.67. The first-order valence-electron chi connectivity index (χ1n) is 10.6. The molecular weight excluding hydrogens is 384 g/mol. The lowest BCUT2D eigenvalue weighted by atomic mass is 9.93. The molecule has 158 valence electrons. The molecule has 3 aromatic carbocycles. The number of carbonyl (C=O) groups is 1. The van der Waals surface area contributed by atoms with Gasteiger partial charge in [0, 0.05) is 24.1 Å². The van der Waals surface area contributed by atoms with Crippen LogP contribution < -0.4 is 5.32 Å². The first-order valence-corrected chi connectivity index (χ1v) is 10.6. The van der Waals surface area contributed by atoms with Crippen LogP contribution in [-0.4, -0.2) is 23.7 Å². The summed E-state index contributed by atoms with van der Waals surface area (Å²) in [6, 6.07) is 25.3. The summed E-state index contributed by atoms with van der Waals surface area (Å²) in [5.74, 6) is -0.306. The Balaban J connectivity index is 1.65. The van der Waals surface area contributed by atoms with Gasteiger partial charge in [0.05, 0.1) is 11.6 Å². The van der Waals surface area contributed by atoms with Crippen LogP contribution in [0.3, 0.4) is 0 Å². The SMILES string of the molecule is CCc1cccc(-c2ccc(C(=O)NC(C)C(CO)Cc3cccc(C#N)c3)cc2)c1. The van der Waals surface area contributed by atoms with Gasteiger partial charge in [0.15, 0.2) is 0 Å². The van der Waals surface area contributed by atoms with E-state index in [1.165, 1.54) is 5.56 Å². The van der Waals surface area contributed by atoms with E-state index in [4.69, 9.17) is 5.26 Å². The van der Waals surface area contributed by atoms with Gasteiger partial charge in [0.25, 0.3) is 5.91 Å². The van der Waals surface area contributed by atoms with E-state index < -0.39 is 0 Å². The maximum absolute atomic E-state index is 12.7. The lowest BCUT2D eigenvalue weighted by Gasteiger charge is -2.23. The summed E-state index contributed by atoms with van der Waals surface area (Å²) in [6.45, 7) is 3.98. The number of hydrogen-bond acceptors (Lipinski definition) is 3. The molecule has 0 fully saturated rings. The van der Waals surface area contributed by atoms with Gasteiger partial charge in [-0.2, -0.15) is 5.26 Å². The summed E-state index contributed by atoms with van der Waals surface area (Å²) in [4.78, 5) is 12.7. The van der Waals surface area contributed by atoms with Crippen molar-refractivity contribution in [2.24, 2.45) is 5.92 Å². The summed E-state index contributed by atoms with van der Waals surface area (Å²) < 4.78 is 0. The number of rotatable bonds is 8. The Bertz CT molecular complexity index is 1070. The van der Waals surface area contributed by atoms with Gasteiger partial charge in [0.2, 0.25) is 0 Å². The van der Waals surface area contributed by atoms with Crippen molar-refractivity contribution >= 4 is 5.91 Å². The number of aryl methyl sites for hydroxylation is 1. The molecule has 4 heteroatoms. The number of carbonyl (C=O) groups excluding carboxylic acids is 1. The van der Waals surface area contributed by atoms with Crippen LogP contribution in [0.25, 0.3) is 11.1 Å². The molecule has 0 aliphatic heterocycles. The molecule has 0 saturated heterocycles. The number of aliphatic hydroxyl groups is 1. The minimum atomic E-state index is -0.218. The lowest BCUT2D eigenvalue weighted by molar-refractivity contribution is 0.0911. The minimum absolute atomic E-state index is 0.0507. The molecule has 2 unspecified atom stereocenters.